The Hall–Kier alpha value is -2.01. The van der Waals surface area contributed by atoms with Crippen LogP contribution in [0.3, 0.4) is 0 Å². The van der Waals surface area contributed by atoms with Gasteiger partial charge in [-0.15, -0.1) is 0 Å². The van der Waals surface area contributed by atoms with Crippen LogP contribution in [0.4, 0.5) is 0 Å². The molecule has 0 amide bonds. The summed E-state index contributed by atoms with van der Waals surface area (Å²) in [4.78, 5) is 0.0792. The van der Waals surface area contributed by atoms with E-state index >= 15 is 0 Å². The minimum absolute atomic E-state index is 0.0659. The van der Waals surface area contributed by atoms with Gasteiger partial charge in [-0.05, 0) is 68.5 Å². The monoisotopic (exact) mass is 320 g/mol. The summed E-state index contributed by atoms with van der Waals surface area (Å²) >= 11 is 0. The van der Waals surface area contributed by atoms with Gasteiger partial charge in [-0.25, -0.2) is 8.42 Å². The predicted molar refractivity (Wildman–Crippen MR) is 85.4 cm³/mol. The minimum atomic E-state index is -3.88. The Morgan fingerprint density at radius 3 is 1.91 bits per heavy atom. The average Bonchev–Trinajstić information content (AvgIpc) is 2.40. The minimum Gasteiger partial charge on any atom is -0.508 e. The molecular weight excluding hydrogens is 300 g/mol. The van der Waals surface area contributed by atoms with E-state index in [-0.39, 0.29) is 21.3 Å². The highest BCUT2D eigenvalue weighted by atomic mass is 32.2. The fraction of sp³-hybridized carbons (Fsp3) is 0.294. The van der Waals surface area contributed by atoms with Crippen molar-refractivity contribution < 1.29 is 18.6 Å². The van der Waals surface area contributed by atoms with Crippen molar-refractivity contribution in [2.75, 3.05) is 0 Å². The molecule has 0 atom stereocenters. The van der Waals surface area contributed by atoms with Crippen LogP contribution in [0.5, 0.6) is 11.5 Å². The van der Waals surface area contributed by atoms with Gasteiger partial charge < -0.3 is 10.2 Å². The lowest BCUT2D eigenvalue weighted by Crippen LogP contribution is -2.10. The first-order valence-corrected chi connectivity index (χ1v) is 8.41. The first kappa shape index (κ1) is 16.4. The van der Waals surface area contributed by atoms with Gasteiger partial charge in [0.2, 0.25) is 9.84 Å². The predicted octanol–water partition coefficient (Wildman–Crippen LogP) is 3.47. The van der Waals surface area contributed by atoms with Gasteiger partial charge in [-0.1, -0.05) is 12.1 Å². The van der Waals surface area contributed by atoms with Crippen molar-refractivity contribution in [2.24, 2.45) is 0 Å². The molecule has 2 aromatic carbocycles. The van der Waals surface area contributed by atoms with Crippen LogP contribution >= 0.6 is 0 Å². The molecule has 22 heavy (non-hydrogen) atoms. The number of aromatic hydroxyl groups is 2. The molecule has 0 bridgehead atoms. The molecule has 0 fully saturated rings. The summed E-state index contributed by atoms with van der Waals surface area (Å²) in [6.45, 7) is 8.30. The number of benzene rings is 2. The highest BCUT2D eigenvalue weighted by molar-refractivity contribution is 7.91. The van der Waals surface area contributed by atoms with Crippen LogP contribution in [0.15, 0.2) is 28.0 Å². The van der Waals surface area contributed by atoms with Crippen molar-refractivity contribution in [3.63, 3.8) is 0 Å². The standard InChI is InChI=1S/C17H20O4S/c1-9-6-7-10(2)17(15(9)19)22(20,21)16-11(3)8-14(18)12(4)13(16)5/h6-8,18-19H,1-5H3. The summed E-state index contributed by atoms with van der Waals surface area (Å²) < 4.78 is 26.2. The van der Waals surface area contributed by atoms with E-state index in [1.165, 1.54) is 6.07 Å². The number of sulfone groups is 1. The van der Waals surface area contributed by atoms with Crippen LogP contribution in [0.25, 0.3) is 0 Å². The lowest BCUT2D eigenvalue weighted by Gasteiger charge is -2.17. The molecule has 0 radical (unpaired) electrons. The first-order chi connectivity index (χ1) is 10.1. The van der Waals surface area contributed by atoms with Gasteiger partial charge >= 0.3 is 0 Å². The number of hydrogen-bond acceptors (Lipinski definition) is 4. The van der Waals surface area contributed by atoms with Crippen molar-refractivity contribution in [3.05, 3.63) is 46.0 Å². The smallest absolute Gasteiger partial charge is 0.211 e. The number of phenols is 2. The van der Waals surface area contributed by atoms with E-state index in [0.29, 0.717) is 27.8 Å². The number of hydrogen-bond donors (Lipinski definition) is 2. The van der Waals surface area contributed by atoms with Crippen molar-refractivity contribution in [1.82, 2.24) is 0 Å². The number of phenolic OH excluding ortho intramolecular Hbond substituents is 2. The van der Waals surface area contributed by atoms with E-state index in [1.807, 2.05) is 0 Å². The van der Waals surface area contributed by atoms with E-state index in [2.05, 4.69) is 0 Å². The molecule has 0 spiro atoms. The zero-order valence-corrected chi connectivity index (χ0v) is 14.2. The second-order valence-corrected chi connectivity index (χ2v) is 7.50. The summed E-state index contributed by atoms with van der Waals surface area (Å²) in [6.07, 6.45) is 0. The van der Waals surface area contributed by atoms with E-state index in [9.17, 15) is 18.6 Å². The average molecular weight is 320 g/mol. The summed E-state index contributed by atoms with van der Waals surface area (Å²) in [6, 6.07) is 4.81. The molecule has 0 aliphatic rings. The molecule has 118 valence electrons. The third kappa shape index (κ3) is 2.35. The fourth-order valence-corrected chi connectivity index (χ4v) is 4.81. The van der Waals surface area contributed by atoms with Crippen molar-refractivity contribution in [1.29, 1.82) is 0 Å². The van der Waals surface area contributed by atoms with Crippen molar-refractivity contribution in [2.45, 2.75) is 44.4 Å². The molecule has 2 N–H and O–H groups in total. The zero-order chi connectivity index (χ0) is 16.8. The third-order valence-electron chi connectivity index (χ3n) is 4.07. The summed E-state index contributed by atoms with van der Waals surface area (Å²) in [5.74, 6) is -0.149. The Bertz CT molecular complexity index is 865. The molecule has 2 aromatic rings. The Balaban J connectivity index is 2.90. The lowest BCUT2D eigenvalue weighted by atomic mass is 10.1. The number of rotatable bonds is 2. The Labute approximate surface area is 131 Å². The molecule has 0 unspecified atom stereocenters. The highest BCUT2D eigenvalue weighted by Gasteiger charge is 2.29. The molecule has 2 rings (SSSR count). The molecule has 0 aromatic heterocycles. The topological polar surface area (TPSA) is 74.6 Å². The van der Waals surface area contributed by atoms with Crippen LogP contribution in [0, 0.1) is 34.6 Å². The van der Waals surface area contributed by atoms with Gasteiger partial charge in [-0.2, -0.15) is 0 Å². The molecule has 4 nitrogen and oxygen atoms in total. The summed E-state index contributed by atoms with van der Waals surface area (Å²) in [7, 11) is -3.88. The normalized spacial score (nSPS) is 11.7. The van der Waals surface area contributed by atoms with Gasteiger partial charge in [0.05, 0.1) is 4.90 Å². The Morgan fingerprint density at radius 1 is 0.773 bits per heavy atom. The highest BCUT2D eigenvalue weighted by Crippen LogP contribution is 2.38. The van der Waals surface area contributed by atoms with E-state index < -0.39 is 9.84 Å². The summed E-state index contributed by atoms with van der Waals surface area (Å²) in [5.41, 5.74) is 2.48. The van der Waals surface area contributed by atoms with Gasteiger partial charge in [0, 0.05) is 0 Å². The molecule has 0 aliphatic heterocycles. The zero-order valence-electron chi connectivity index (χ0n) is 13.4. The molecular formula is C17H20O4S. The maximum absolute atomic E-state index is 13.1. The number of aryl methyl sites for hydroxylation is 3. The van der Waals surface area contributed by atoms with E-state index in [0.717, 1.165) is 0 Å². The quantitative estimate of drug-likeness (QED) is 0.888. The van der Waals surface area contributed by atoms with Gasteiger partial charge in [0.25, 0.3) is 0 Å². The van der Waals surface area contributed by atoms with E-state index in [1.54, 1.807) is 46.8 Å². The van der Waals surface area contributed by atoms with Crippen LogP contribution in [-0.2, 0) is 9.84 Å². The third-order valence-corrected chi connectivity index (χ3v) is 6.28. The van der Waals surface area contributed by atoms with Crippen LogP contribution in [0.2, 0.25) is 0 Å². The van der Waals surface area contributed by atoms with Crippen LogP contribution in [0.1, 0.15) is 27.8 Å². The lowest BCUT2D eigenvalue weighted by molar-refractivity contribution is 0.453. The molecule has 5 heteroatoms. The first-order valence-electron chi connectivity index (χ1n) is 6.93. The second-order valence-electron chi connectivity index (χ2n) is 5.67. The van der Waals surface area contributed by atoms with Crippen LogP contribution in [-0.4, -0.2) is 18.6 Å². The van der Waals surface area contributed by atoms with Crippen molar-refractivity contribution in [3.8, 4) is 11.5 Å². The largest absolute Gasteiger partial charge is 0.508 e. The van der Waals surface area contributed by atoms with Gasteiger partial charge in [-0.3, -0.25) is 0 Å². The molecule has 0 saturated heterocycles. The SMILES string of the molecule is Cc1ccc(C)c(S(=O)(=O)c2c(C)cc(O)c(C)c2C)c1O. The fourth-order valence-electron chi connectivity index (χ4n) is 2.66. The molecule has 0 saturated carbocycles. The van der Waals surface area contributed by atoms with Gasteiger partial charge in [0.1, 0.15) is 16.4 Å². The van der Waals surface area contributed by atoms with Crippen molar-refractivity contribution >= 4 is 9.84 Å². The molecule has 0 heterocycles. The maximum atomic E-state index is 13.1. The summed E-state index contributed by atoms with van der Waals surface area (Å²) in [5, 5.41) is 20.1. The second kappa shape index (κ2) is 5.32. The Morgan fingerprint density at radius 2 is 1.32 bits per heavy atom. The van der Waals surface area contributed by atoms with Crippen LogP contribution < -0.4 is 0 Å². The van der Waals surface area contributed by atoms with E-state index in [4.69, 9.17) is 0 Å². The molecule has 0 aliphatic carbocycles. The van der Waals surface area contributed by atoms with Gasteiger partial charge in [0.15, 0.2) is 0 Å². The maximum Gasteiger partial charge on any atom is 0.211 e. The Kier molecular flexibility index (Phi) is 3.96.